The maximum atomic E-state index is 12.6. The van der Waals surface area contributed by atoms with Crippen molar-refractivity contribution in [2.75, 3.05) is 20.6 Å². The van der Waals surface area contributed by atoms with Crippen LogP contribution in [-0.4, -0.2) is 62.3 Å². The van der Waals surface area contributed by atoms with Crippen molar-refractivity contribution < 1.29 is 13.2 Å². The van der Waals surface area contributed by atoms with Gasteiger partial charge in [0.2, 0.25) is 15.9 Å². The number of sulfonamides is 1. The van der Waals surface area contributed by atoms with Crippen molar-refractivity contribution in [3.05, 3.63) is 30.3 Å². The third-order valence-electron chi connectivity index (χ3n) is 5.20. The first kappa shape index (κ1) is 17.4. The summed E-state index contributed by atoms with van der Waals surface area (Å²) in [4.78, 5) is 14.5. The van der Waals surface area contributed by atoms with Crippen LogP contribution in [0.5, 0.6) is 0 Å². The van der Waals surface area contributed by atoms with Crippen molar-refractivity contribution in [3.8, 4) is 0 Å². The zero-order valence-electron chi connectivity index (χ0n) is 14.2. The standard InChI is InChI=1S/C17H25N3O3S/c1-19(24(22,23)16-6-4-3-5-7-16)12-17(21)20(2)15-10-13-8-9-14(11-15)18-13/h3-7,13-15,18H,8-12H2,1-2H3. The number of rotatable bonds is 5. The Morgan fingerprint density at radius 3 is 2.29 bits per heavy atom. The number of nitrogens with zero attached hydrogens (tertiary/aromatic N) is 2. The first-order valence-corrected chi connectivity index (χ1v) is 9.85. The van der Waals surface area contributed by atoms with Crippen LogP contribution in [0.4, 0.5) is 0 Å². The summed E-state index contributed by atoms with van der Waals surface area (Å²) in [5.41, 5.74) is 0. The summed E-state index contributed by atoms with van der Waals surface area (Å²) < 4.78 is 26.2. The summed E-state index contributed by atoms with van der Waals surface area (Å²) in [6, 6.07) is 9.41. The van der Waals surface area contributed by atoms with Crippen LogP contribution in [0.25, 0.3) is 0 Å². The minimum Gasteiger partial charge on any atom is -0.342 e. The summed E-state index contributed by atoms with van der Waals surface area (Å²) >= 11 is 0. The Morgan fingerprint density at radius 2 is 1.71 bits per heavy atom. The van der Waals surface area contributed by atoms with Crippen molar-refractivity contribution in [2.45, 2.75) is 48.7 Å². The number of piperidine rings is 1. The molecule has 2 bridgehead atoms. The van der Waals surface area contributed by atoms with E-state index in [4.69, 9.17) is 0 Å². The molecule has 1 aromatic rings. The lowest BCUT2D eigenvalue weighted by molar-refractivity contribution is -0.132. The van der Waals surface area contributed by atoms with Crippen molar-refractivity contribution in [3.63, 3.8) is 0 Å². The van der Waals surface area contributed by atoms with E-state index >= 15 is 0 Å². The van der Waals surface area contributed by atoms with E-state index in [9.17, 15) is 13.2 Å². The Kier molecular flexibility index (Phi) is 4.94. The average Bonchev–Trinajstić information content (AvgIpc) is 2.92. The predicted molar refractivity (Wildman–Crippen MR) is 92.0 cm³/mol. The summed E-state index contributed by atoms with van der Waals surface area (Å²) in [6.45, 7) is -0.132. The monoisotopic (exact) mass is 351 g/mol. The maximum Gasteiger partial charge on any atom is 0.243 e. The number of hydrogen-bond donors (Lipinski definition) is 1. The predicted octanol–water partition coefficient (Wildman–Crippen LogP) is 1.05. The minimum atomic E-state index is -3.63. The third-order valence-corrected chi connectivity index (χ3v) is 7.02. The van der Waals surface area contributed by atoms with E-state index in [1.54, 1.807) is 42.3 Å². The van der Waals surface area contributed by atoms with E-state index in [1.807, 2.05) is 0 Å². The van der Waals surface area contributed by atoms with E-state index in [2.05, 4.69) is 5.32 Å². The van der Waals surface area contributed by atoms with Crippen molar-refractivity contribution in [1.29, 1.82) is 0 Å². The topological polar surface area (TPSA) is 69.7 Å². The molecule has 2 aliphatic heterocycles. The average molecular weight is 351 g/mol. The molecule has 2 fully saturated rings. The number of hydrogen-bond acceptors (Lipinski definition) is 4. The highest BCUT2D eigenvalue weighted by Crippen LogP contribution is 2.29. The number of carbonyl (C=O) groups is 1. The molecule has 0 saturated carbocycles. The molecule has 1 amide bonds. The molecule has 7 heteroatoms. The molecule has 0 aliphatic carbocycles. The van der Waals surface area contributed by atoms with Gasteiger partial charge in [0.05, 0.1) is 11.4 Å². The minimum absolute atomic E-state index is 0.132. The molecule has 2 saturated heterocycles. The smallest absolute Gasteiger partial charge is 0.243 e. The lowest BCUT2D eigenvalue weighted by Crippen LogP contribution is -2.50. The zero-order chi connectivity index (χ0) is 17.3. The highest BCUT2D eigenvalue weighted by atomic mass is 32.2. The van der Waals surface area contributed by atoms with E-state index in [1.165, 1.54) is 19.9 Å². The number of carbonyl (C=O) groups excluding carboxylic acids is 1. The fourth-order valence-electron chi connectivity index (χ4n) is 3.71. The normalized spacial score (nSPS) is 26.5. The highest BCUT2D eigenvalue weighted by molar-refractivity contribution is 7.89. The van der Waals surface area contributed by atoms with Crippen LogP contribution in [0.1, 0.15) is 25.7 Å². The molecule has 2 heterocycles. The van der Waals surface area contributed by atoms with Crippen LogP contribution in [0.15, 0.2) is 35.2 Å². The lowest BCUT2D eigenvalue weighted by Gasteiger charge is -2.36. The fraction of sp³-hybridized carbons (Fsp3) is 0.588. The number of fused-ring (bicyclic) bond motifs is 2. The molecule has 0 spiro atoms. The van der Waals surface area contributed by atoms with E-state index in [0.717, 1.165) is 17.1 Å². The van der Waals surface area contributed by atoms with Crippen LogP contribution in [0, 0.1) is 0 Å². The Bertz CT molecular complexity index is 680. The summed E-state index contributed by atoms with van der Waals surface area (Å²) in [5, 5.41) is 3.56. The van der Waals surface area contributed by atoms with Crippen LogP contribution in [0.3, 0.4) is 0 Å². The Hall–Kier alpha value is -1.44. The summed E-state index contributed by atoms with van der Waals surface area (Å²) in [5.74, 6) is -0.150. The molecule has 0 aromatic heterocycles. The Labute approximate surface area is 143 Å². The molecule has 3 rings (SSSR count). The van der Waals surface area contributed by atoms with Gasteiger partial charge in [0.1, 0.15) is 0 Å². The second-order valence-corrected chi connectivity index (χ2v) is 8.89. The van der Waals surface area contributed by atoms with Crippen LogP contribution < -0.4 is 5.32 Å². The van der Waals surface area contributed by atoms with Gasteiger partial charge >= 0.3 is 0 Å². The van der Waals surface area contributed by atoms with Gasteiger partial charge in [-0.05, 0) is 37.8 Å². The van der Waals surface area contributed by atoms with Crippen LogP contribution in [-0.2, 0) is 14.8 Å². The van der Waals surface area contributed by atoms with Gasteiger partial charge in [0, 0.05) is 32.2 Å². The van der Waals surface area contributed by atoms with Gasteiger partial charge in [-0.15, -0.1) is 0 Å². The number of likely N-dealkylation sites (N-methyl/N-ethyl adjacent to an activating group) is 2. The second kappa shape index (κ2) is 6.82. The zero-order valence-corrected chi connectivity index (χ0v) is 15.0. The number of amides is 1. The fourth-order valence-corrected chi connectivity index (χ4v) is 4.85. The number of benzene rings is 1. The van der Waals surface area contributed by atoms with Gasteiger partial charge in [-0.2, -0.15) is 4.31 Å². The molecule has 6 nitrogen and oxygen atoms in total. The van der Waals surface area contributed by atoms with Gasteiger partial charge in [-0.1, -0.05) is 18.2 Å². The molecular formula is C17H25N3O3S. The van der Waals surface area contributed by atoms with Gasteiger partial charge < -0.3 is 10.2 Å². The molecule has 2 atom stereocenters. The molecule has 1 aromatic carbocycles. The van der Waals surface area contributed by atoms with Gasteiger partial charge in [0.15, 0.2) is 0 Å². The molecule has 2 aliphatic rings. The molecule has 24 heavy (non-hydrogen) atoms. The van der Waals surface area contributed by atoms with E-state index in [0.29, 0.717) is 12.1 Å². The Morgan fingerprint density at radius 1 is 1.12 bits per heavy atom. The van der Waals surface area contributed by atoms with E-state index < -0.39 is 10.0 Å². The first-order valence-electron chi connectivity index (χ1n) is 8.41. The summed E-state index contributed by atoms with van der Waals surface area (Å²) in [7, 11) is -0.383. The summed E-state index contributed by atoms with van der Waals surface area (Å²) in [6.07, 6.45) is 4.25. The SMILES string of the molecule is CN(C(=O)CN(C)S(=O)(=O)c1ccccc1)C1CC2CCC(C1)N2. The third kappa shape index (κ3) is 3.48. The van der Waals surface area contributed by atoms with Crippen molar-refractivity contribution >= 4 is 15.9 Å². The van der Waals surface area contributed by atoms with Crippen LogP contribution >= 0.6 is 0 Å². The van der Waals surface area contributed by atoms with Crippen molar-refractivity contribution in [1.82, 2.24) is 14.5 Å². The highest BCUT2D eigenvalue weighted by Gasteiger charge is 2.36. The van der Waals surface area contributed by atoms with Gasteiger partial charge in [-0.3, -0.25) is 4.79 Å². The molecule has 0 radical (unpaired) electrons. The molecule has 1 N–H and O–H groups in total. The van der Waals surface area contributed by atoms with Gasteiger partial charge in [-0.25, -0.2) is 8.42 Å². The Balaban J connectivity index is 1.63. The lowest BCUT2D eigenvalue weighted by atomic mass is 9.98. The van der Waals surface area contributed by atoms with Gasteiger partial charge in [0.25, 0.3) is 0 Å². The molecular weight excluding hydrogens is 326 g/mol. The quantitative estimate of drug-likeness (QED) is 0.861. The largest absolute Gasteiger partial charge is 0.342 e. The molecule has 132 valence electrons. The van der Waals surface area contributed by atoms with Crippen LogP contribution in [0.2, 0.25) is 0 Å². The molecule has 2 unspecified atom stereocenters. The van der Waals surface area contributed by atoms with E-state index in [-0.39, 0.29) is 23.4 Å². The second-order valence-electron chi connectivity index (χ2n) is 6.84. The number of nitrogens with one attached hydrogen (secondary N) is 1. The maximum absolute atomic E-state index is 12.6. The van der Waals surface area contributed by atoms with Crippen molar-refractivity contribution in [2.24, 2.45) is 0 Å². The first-order chi connectivity index (χ1) is 11.4.